The quantitative estimate of drug-likeness (QED) is 0.750. The number of aliphatic hydroxyl groups excluding tert-OH is 1. The molecule has 1 aliphatic rings. The van der Waals surface area contributed by atoms with Crippen LogP contribution in [0.1, 0.15) is 18.4 Å². The maximum atomic E-state index is 13.9. The van der Waals surface area contributed by atoms with Gasteiger partial charge in [0.1, 0.15) is 0 Å². The van der Waals surface area contributed by atoms with Gasteiger partial charge < -0.3 is 14.7 Å². The average molecular weight is 254 g/mol. The van der Waals surface area contributed by atoms with Gasteiger partial charge in [-0.25, -0.2) is 9.37 Å². The van der Waals surface area contributed by atoms with Crippen molar-refractivity contribution in [3.8, 4) is 0 Å². The Morgan fingerprint density at radius 2 is 2.33 bits per heavy atom. The molecule has 2 rings (SSSR count). The van der Waals surface area contributed by atoms with Gasteiger partial charge in [0.25, 0.3) is 0 Å². The Morgan fingerprint density at radius 3 is 3.00 bits per heavy atom. The summed E-state index contributed by atoms with van der Waals surface area (Å²) in [5.74, 6) is 0.546. The third-order valence-corrected chi connectivity index (χ3v) is 3.10. The van der Waals surface area contributed by atoms with Crippen molar-refractivity contribution in [3.05, 3.63) is 23.6 Å². The summed E-state index contributed by atoms with van der Waals surface area (Å²) in [5.41, 5.74) is 0.269. The van der Waals surface area contributed by atoms with Crippen LogP contribution in [0.5, 0.6) is 0 Å². The second-order valence-electron chi connectivity index (χ2n) is 4.71. The lowest BCUT2D eigenvalue weighted by atomic mass is 10.2. The third kappa shape index (κ3) is 3.40. The summed E-state index contributed by atoms with van der Waals surface area (Å²) in [4.78, 5) is 5.71. The highest BCUT2D eigenvalue weighted by atomic mass is 19.1. The molecule has 0 aliphatic heterocycles. The van der Waals surface area contributed by atoms with Crippen LogP contribution in [0, 0.1) is 11.7 Å². The van der Waals surface area contributed by atoms with Gasteiger partial charge in [0.05, 0.1) is 13.2 Å². The SMILES string of the molecule is CN(CCOCC1CC1)c1nccc(CO)c1F. The Hall–Kier alpha value is -1.20. The molecule has 18 heavy (non-hydrogen) atoms. The van der Waals surface area contributed by atoms with Gasteiger partial charge in [-0.05, 0) is 24.8 Å². The summed E-state index contributed by atoms with van der Waals surface area (Å²) in [6, 6.07) is 1.48. The molecule has 5 heteroatoms. The molecule has 4 nitrogen and oxygen atoms in total. The molecular formula is C13H19FN2O2. The molecule has 1 N–H and O–H groups in total. The number of aliphatic hydroxyl groups is 1. The summed E-state index contributed by atoms with van der Waals surface area (Å²) in [6.07, 6.45) is 4.04. The van der Waals surface area contributed by atoms with Crippen molar-refractivity contribution in [1.82, 2.24) is 4.98 Å². The second kappa shape index (κ2) is 6.11. The van der Waals surface area contributed by atoms with Crippen LogP contribution in [0.4, 0.5) is 10.2 Å². The largest absolute Gasteiger partial charge is 0.392 e. The van der Waals surface area contributed by atoms with Gasteiger partial charge in [0.15, 0.2) is 11.6 Å². The number of hydrogen-bond acceptors (Lipinski definition) is 4. The zero-order valence-electron chi connectivity index (χ0n) is 10.6. The van der Waals surface area contributed by atoms with Crippen LogP contribution in [0.2, 0.25) is 0 Å². The molecular weight excluding hydrogens is 235 g/mol. The van der Waals surface area contributed by atoms with Crippen molar-refractivity contribution in [2.45, 2.75) is 19.4 Å². The zero-order valence-corrected chi connectivity index (χ0v) is 10.6. The van der Waals surface area contributed by atoms with E-state index in [0.717, 1.165) is 12.5 Å². The topological polar surface area (TPSA) is 45.6 Å². The molecule has 1 aromatic rings. The number of pyridine rings is 1. The number of rotatable bonds is 7. The van der Waals surface area contributed by atoms with Crippen LogP contribution in [0.25, 0.3) is 0 Å². The smallest absolute Gasteiger partial charge is 0.171 e. The summed E-state index contributed by atoms with van der Waals surface area (Å²) in [7, 11) is 1.77. The first-order valence-electron chi connectivity index (χ1n) is 6.25. The van der Waals surface area contributed by atoms with Crippen molar-refractivity contribution in [2.75, 3.05) is 31.7 Å². The van der Waals surface area contributed by atoms with Crippen molar-refractivity contribution in [2.24, 2.45) is 5.92 Å². The minimum Gasteiger partial charge on any atom is -0.392 e. The maximum absolute atomic E-state index is 13.9. The van der Waals surface area contributed by atoms with Gasteiger partial charge in [0, 0.05) is 32.0 Å². The van der Waals surface area contributed by atoms with Gasteiger partial charge in [0.2, 0.25) is 0 Å². The summed E-state index contributed by atoms with van der Waals surface area (Å²) in [6.45, 7) is 1.65. The van der Waals surface area contributed by atoms with Crippen LogP contribution >= 0.6 is 0 Å². The fraction of sp³-hybridized carbons (Fsp3) is 0.615. The molecule has 0 unspecified atom stereocenters. The summed E-state index contributed by atoms with van der Waals surface area (Å²) in [5, 5.41) is 9.00. The van der Waals surface area contributed by atoms with E-state index >= 15 is 0 Å². The maximum Gasteiger partial charge on any atom is 0.171 e. The number of nitrogens with zero attached hydrogens (tertiary/aromatic N) is 2. The standard InChI is InChI=1S/C13H19FN2O2/c1-16(6-7-18-9-10-2-3-10)13-12(14)11(8-17)4-5-15-13/h4-5,10,17H,2-3,6-9H2,1H3. The first kappa shape index (κ1) is 13.2. The van der Waals surface area contributed by atoms with Crippen molar-refractivity contribution in [3.63, 3.8) is 0 Å². The number of likely N-dealkylation sites (N-methyl/N-ethyl adjacent to an activating group) is 1. The Labute approximate surface area is 106 Å². The van der Waals surface area contributed by atoms with E-state index in [2.05, 4.69) is 4.98 Å². The Kier molecular flexibility index (Phi) is 4.49. The van der Waals surface area contributed by atoms with E-state index in [1.807, 2.05) is 0 Å². The molecule has 0 radical (unpaired) electrons. The van der Waals surface area contributed by atoms with Crippen molar-refractivity contribution < 1.29 is 14.2 Å². The highest BCUT2D eigenvalue weighted by molar-refractivity contribution is 5.42. The van der Waals surface area contributed by atoms with Gasteiger partial charge in [-0.2, -0.15) is 0 Å². The predicted octanol–water partition coefficient (Wildman–Crippen LogP) is 1.58. The number of ether oxygens (including phenoxy) is 1. The molecule has 100 valence electrons. The van der Waals surface area contributed by atoms with Gasteiger partial charge >= 0.3 is 0 Å². The van der Waals surface area contributed by atoms with E-state index in [1.54, 1.807) is 11.9 Å². The highest BCUT2D eigenvalue weighted by Crippen LogP contribution is 2.28. The number of hydrogen-bond donors (Lipinski definition) is 1. The highest BCUT2D eigenvalue weighted by Gasteiger charge is 2.21. The first-order chi connectivity index (χ1) is 8.72. The molecule has 0 spiro atoms. The Morgan fingerprint density at radius 1 is 1.56 bits per heavy atom. The molecule has 1 saturated carbocycles. The first-order valence-corrected chi connectivity index (χ1v) is 6.25. The fourth-order valence-electron chi connectivity index (χ4n) is 1.70. The van der Waals surface area contributed by atoms with E-state index in [9.17, 15) is 4.39 Å². The second-order valence-corrected chi connectivity index (χ2v) is 4.71. The molecule has 1 aromatic heterocycles. The Bertz CT molecular complexity index is 397. The molecule has 0 saturated heterocycles. The molecule has 0 aromatic carbocycles. The lowest BCUT2D eigenvalue weighted by molar-refractivity contribution is 0.130. The number of aromatic nitrogens is 1. The molecule has 1 aliphatic carbocycles. The summed E-state index contributed by atoms with van der Waals surface area (Å²) < 4.78 is 19.4. The Balaban J connectivity index is 1.84. The lowest BCUT2D eigenvalue weighted by Gasteiger charge is -2.19. The lowest BCUT2D eigenvalue weighted by Crippen LogP contribution is -2.25. The summed E-state index contributed by atoms with van der Waals surface area (Å²) >= 11 is 0. The van der Waals surface area contributed by atoms with Crippen LogP contribution in [-0.4, -0.2) is 36.9 Å². The number of anilines is 1. The van der Waals surface area contributed by atoms with Crippen LogP contribution in [0.15, 0.2) is 12.3 Å². The third-order valence-electron chi connectivity index (χ3n) is 3.10. The normalized spacial score (nSPS) is 14.8. The van der Waals surface area contributed by atoms with Crippen molar-refractivity contribution >= 4 is 5.82 Å². The average Bonchev–Trinajstić information content (AvgIpc) is 3.18. The van der Waals surface area contributed by atoms with E-state index in [4.69, 9.17) is 9.84 Å². The zero-order chi connectivity index (χ0) is 13.0. The van der Waals surface area contributed by atoms with Gasteiger partial charge in [-0.1, -0.05) is 0 Å². The number of halogens is 1. The van der Waals surface area contributed by atoms with E-state index in [-0.39, 0.29) is 18.0 Å². The fourth-order valence-corrected chi connectivity index (χ4v) is 1.70. The predicted molar refractivity (Wildman–Crippen MR) is 66.9 cm³/mol. The molecule has 1 fully saturated rings. The molecule has 0 atom stereocenters. The van der Waals surface area contributed by atoms with Gasteiger partial charge in [-0.15, -0.1) is 0 Å². The van der Waals surface area contributed by atoms with E-state index < -0.39 is 5.82 Å². The van der Waals surface area contributed by atoms with Crippen molar-refractivity contribution in [1.29, 1.82) is 0 Å². The molecule has 1 heterocycles. The monoisotopic (exact) mass is 254 g/mol. The minimum absolute atomic E-state index is 0.261. The van der Waals surface area contributed by atoms with Gasteiger partial charge in [-0.3, -0.25) is 0 Å². The van der Waals surface area contributed by atoms with Crippen LogP contribution < -0.4 is 4.90 Å². The van der Waals surface area contributed by atoms with E-state index in [0.29, 0.717) is 13.2 Å². The van der Waals surface area contributed by atoms with Crippen LogP contribution in [0.3, 0.4) is 0 Å². The van der Waals surface area contributed by atoms with E-state index in [1.165, 1.54) is 25.1 Å². The minimum atomic E-state index is -0.454. The van der Waals surface area contributed by atoms with Crippen LogP contribution in [-0.2, 0) is 11.3 Å². The molecule has 0 amide bonds. The molecule has 0 bridgehead atoms.